The molecule has 0 N–H and O–H groups in total. The third-order valence-electron chi connectivity index (χ3n) is 2.47. The number of benzene rings is 1. The van der Waals surface area contributed by atoms with Crippen molar-refractivity contribution in [2.75, 3.05) is 0 Å². The standard InChI is InChI=1S/C13H13ClN2/c1-2-3-4-11-7-10(9-16)8-13(14)12(11)5-6-15/h7-8H,2-5H2,1H3. The molecule has 0 amide bonds. The molecular formula is C13H13ClN2. The molecule has 0 aliphatic carbocycles. The van der Waals surface area contributed by atoms with Gasteiger partial charge in [0.15, 0.2) is 0 Å². The molecule has 0 fully saturated rings. The van der Waals surface area contributed by atoms with Crippen LogP contribution in [0, 0.1) is 22.7 Å². The van der Waals surface area contributed by atoms with Crippen LogP contribution in [0.3, 0.4) is 0 Å². The summed E-state index contributed by atoms with van der Waals surface area (Å²) in [6, 6.07) is 7.67. The Morgan fingerprint density at radius 1 is 1.31 bits per heavy atom. The van der Waals surface area contributed by atoms with E-state index >= 15 is 0 Å². The summed E-state index contributed by atoms with van der Waals surface area (Å²) in [6.45, 7) is 2.11. The molecule has 0 aliphatic rings. The van der Waals surface area contributed by atoms with Crippen molar-refractivity contribution < 1.29 is 0 Å². The molecule has 0 heterocycles. The van der Waals surface area contributed by atoms with Crippen LogP contribution in [0.2, 0.25) is 5.02 Å². The first-order valence-electron chi connectivity index (χ1n) is 5.31. The predicted molar refractivity (Wildman–Crippen MR) is 64.1 cm³/mol. The summed E-state index contributed by atoms with van der Waals surface area (Å²) >= 11 is 6.07. The number of hydrogen-bond donors (Lipinski definition) is 0. The molecular weight excluding hydrogens is 220 g/mol. The summed E-state index contributed by atoms with van der Waals surface area (Å²) in [5, 5.41) is 18.1. The molecule has 0 radical (unpaired) electrons. The van der Waals surface area contributed by atoms with Crippen molar-refractivity contribution >= 4 is 11.6 Å². The number of halogens is 1. The van der Waals surface area contributed by atoms with Gasteiger partial charge in [0.2, 0.25) is 0 Å². The monoisotopic (exact) mass is 232 g/mol. The van der Waals surface area contributed by atoms with Gasteiger partial charge in [-0.3, -0.25) is 0 Å². The van der Waals surface area contributed by atoms with E-state index in [1.165, 1.54) is 0 Å². The molecule has 82 valence electrons. The smallest absolute Gasteiger partial charge is 0.0992 e. The molecule has 1 aromatic carbocycles. The number of unbranched alkanes of at least 4 members (excludes halogenated alkanes) is 1. The van der Waals surface area contributed by atoms with Crippen molar-refractivity contribution in [3.8, 4) is 12.1 Å². The highest BCUT2D eigenvalue weighted by Crippen LogP contribution is 2.24. The molecule has 1 rings (SSSR count). The van der Waals surface area contributed by atoms with E-state index in [0.29, 0.717) is 17.0 Å². The van der Waals surface area contributed by atoms with Crippen LogP contribution in [-0.2, 0) is 12.8 Å². The molecule has 0 bridgehead atoms. The largest absolute Gasteiger partial charge is 0.198 e. The molecule has 0 unspecified atom stereocenters. The minimum absolute atomic E-state index is 0.309. The van der Waals surface area contributed by atoms with Crippen molar-refractivity contribution in [2.45, 2.75) is 32.6 Å². The van der Waals surface area contributed by atoms with Crippen molar-refractivity contribution in [1.82, 2.24) is 0 Å². The Labute approximate surface area is 101 Å². The van der Waals surface area contributed by atoms with Crippen LogP contribution in [0.5, 0.6) is 0 Å². The van der Waals surface area contributed by atoms with E-state index in [-0.39, 0.29) is 0 Å². The topological polar surface area (TPSA) is 47.6 Å². The van der Waals surface area contributed by atoms with Crippen LogP contribution in [0.15, 0.2) is 12.1 Å². The third kappa shape index (κ3) is 2.99. The molecule has 3 heteroatoms. The van der Waals surface area contributed by atoms with E-state index < -0.39 is 0 Å². The average molecular weight is 233 g/mol. The summed E-state index contributed by atoms with van der Waals surface area (Å²) in [6.07, 6.45) is 3.32. The van der Waals surface area contributed by atoms with Crippen LogP contribution in [0.4, 0.5) is 0 Å². The van der Waals surface area contributed by atoms with Crippen molar-refractivity contribution in [1.29, 1.82) is 10.5 Å². The maximum absolute atomic E-state index is 8.86. The molecule has 1 aromatic rings. The Balaban J connectivity index is 3.14. The van der Waals surface area contributed by atoms with Gasteiger partial charge in [0.05, 0.1) is 24.1 Å². The lowest BCUT2D eigenvalue weighted by Crippen LogP contribution is -1.96. The zero-order valence-electron chi connectivity index (χ0n) is 9.26. The van der Waals surface area contributed by atoms with E-state index in [1.807, 2.05) is 6.07 Å². The highest BCUT2D eigenvalue weighted by molar-refractivity contribution is 6.31. The summed E-state index contributed by atoms with van der Waals surface area (Å²) in [5.41, 5.74) is 2.47. The second-order valence-electron chi connectivity index (χ2n) is 3.65. The molecule has 0 atom stereocenters. The highest BCUT2D eigenvalue weighted by atomic mass is 35.5. The Bertz CT molecular complexity index is 452. The number of nitriles is 2. The van der Waals surface area contributed by atoms with Gasteiger partial charge in [0.1, 0.15) is 0 Å². The maximum atomic E-state index is 8.86. The second kappa shape index (κ2) is 6.16. The summed E-state index contributed by atoms with van der Waals surface area (Å²) in [7, 11) is 0. The number of nitrogens with zero attached hydrogens (tertiary/aromatic N) is 2. The molecule has 16 heavy (non-hydrogen) atoms. The number of rotatable bonds is 4. The lowest BCUT2D eigenvalue weighted by molar-refractivity contribution is 0.789. The first kappa shape index (κ1) is 12.6. The van der Waals surface area contributed by atoms with E-state index in [1.54, 1.807) is 6.07 Å². The van der Waals surface area contributed by atoms with Gasteiger partial charge in [-0.2, -0.15) is 10.5 Å². The van der Waals surface area contributed by atoms with Crippen molar-refractivity contribution in [3.05, 3.63) is 33.8 Å². The minimum atomic E-state index is 0.309. The Morgan fingerprint density at radius 3 is 2.62 bits per heavy atom. The SMILES string of the molecule is CCCCc1cc(C#N)cc(Cl)c1CC#N. The molecule has 2 nitrogen and oxygen atoms in total. The fourth-order valence-corrected chi connectivity index (χ4v) is 1.93. The van der Waals surface area contributed by atoms with Crippen LogP contribution in [0.25, 0.3) is 0 Å². The summed E-state index contributed by atoms with van der Waals surface area (Å²) in [4.78, 5) is 0. The summed E-state index contributed by atoms with van der Waals surface area (Å²) < 4.78 is 0. The zero-order chi connectivity index (χ0) is 12.0. The Morgan fingerprint density at radius 2 is 2.06 bits per heavy atom. The molecule has 0 saturated heterocycles. The third-order valence-corrected chi connectivity index (χ3v) is 2.81. The van der Waals surface area contributed by atoms with Crippen LogP contribution >= 0.6 is 11.6 Å². The van der Waals surface area contributed by atoms with Crippen molar-refractivity contribution in [3.63, 3.8) is 0 Å². The molecule has 0 saturated carbocycles. The van der Waals surface area contributed by atoms with E-state index in [2.05, 4.69) is 19.1 Å². The molecule has 0 aromatic heterocycles. The van der Waals surface area contributed by atoms with Gasteiger partial charge in [0, 0.05) is 5.02 Å². The van der Waals surface area contributed by atoms with Gasteiger partial charge in [-0.25, -0.2) is 0 Å². The number of hydrogen-bond acceptors (Lipinski definition) is 2. The normalized spacial score (nSPS) is 9.50. The molecule has 0 spiro atoms. The summed E-state index contributed by atoms with van der Waals surface area (Å²) in [5.74, 6) is 0. The fourth-order valence-electron chi connectivity index (χ4n) is 1.63. The first-order chi connectivity index (χ1) is 7.72. The van der Waals surface area contributed by atoms with Crippen LogP contribution in [-0.4, -0.2) is 0 Å². The van der Waals surface area contributed by atoms with Gasteiger partial charge in [-0.1, -0.05) is 24.9 Å². The second-order valence-corrected chi connectivity index (χ2v) is 4.05. The van der Waals surface area contributed by atoms with Crippen LogP contribution < -0.4 is 0 Å². The minimum Gasteiger partial charge on any atom is -0.198 e. The lowest BCUT2D eigenvalue weighted by Gasteiger charge is -2.09. The quantitative estimate of drug-likeness (QED) is 0.796. The molecule has 0 aliphatic heterocycles. The Hall–Kier alpha value is -1.51. The van der Waals surface area contributed by atoms with E-state index in [9.17, 15) is 0 Å². The van der Waals surface area contributed by atoms with E-state index in [4.69, 9.17) is 22.1 Å². The average Bonchev–Trinajstić information content (AvgIpc) is 2.29. The van der Waals surface area contributed by atoms with Gasteiger partial charge < -0.3 is 0 Å². The van der Waals surface area contributed by atoms with Gasteiger partial charge >= 0.3 is 0 Å². The Kier molecular flexibility index (Phi) is 4.83. The lowest BCUT2D eigenvalue weighted by atomic mass is 9.98. The van der Waals surface area contributed by atoms with Gasteiger partial charge in [-0.15, -0.1) is 0 Å². The first-order valence-corrected chi connectivity index (χ1v) is 5.69. The predicted octanol–water partition coefficient (Wildman–Crippen LogP) is 3.62. The van der Waals surface area contributed by atoms with Crippen LogP contribution in [0.1, 0.15) is 36.5 Å². The zero-order valence-corrected chi connectivity index (χ0v) is 10.0. The van der Waals surface area contributed by atoms with Crippen molar-refractivity contribution in [2.24, 2.45) is 0 Å². The number of aryl methyl sites for hydroxylation is 1. The highest BCUT2D eigenvalue weighted by Gasteiger charge is 2.09. The maximum Gasteiger partial charge on any atom is 0.0992 e. The fraction of sp³-hybridized carbons (Fsp3) is 0.385. The van der Waals surface area contributed by atoms with E-state index in [0.717, 1.165) is 30.4 Å². The van der Waals surface area contributed by atoms with Gasteiger partial charge in [-0.05, 0) is 36.1 Å². The van der Waals surface area contributed by atoms with Gasteiger partial charge in [0.25, 0.3) is 0 Å².